The Morgan fingerprint density at radius 1 is 1.35 bits per heavy atom. The highest BCUT2D eigenvalue weighted by Crippen LogP contribution is 2.22. The Balaban J connectivity index is 2.00. The van der Waals surface area contributed by atoms with Crippen LogP contribution in [0, 0.1) is 12.3 Å². The van der Waals surface area contributed by atoms with E-state index in [0.29, 0.717) is 6.54 Å². The molecule has 0 aromatic heterocycles. The fraction of sp³-hybridized carbons (Fsp3) is 0.429. The van der Waals surface area contributed by atoms with E-state index in [1.54, 1.807) is 0 Å². The maximum absolute atomic E-state index is 5.95. The van der Waals surface area contributed by atoms with Crippen molar-refractivity contribution in [3.05, 3.63) is 29.3 Å². The van der Waals surface area contributed by atoms with Gasteiger partial charge in [0.15, 0.2) is 6.23 Å². The maximum atomic E-state index is 5.95. The van der Waals surface area contributed by atoms with Crippen LogP contribution in [0.2, 0.25) is 5.02 Å². The molecule has 1 aliphatic rings. The number of hydrogen-bond acceptors (Lipinski definition) is 2. The first-order chi connectivity index (χ1) is 8.29. The smallest absolute Gasteiger partial charge is 0.153 e. The average molecular weight is 250 g/mol. The van der Waals surface area contributed by atoms with Crippen molar-refractivity contribution in [1.82, 2.24) is 4.90 Å². The summed E-state index contributed by atoms with van der Waals surface area (Å²) in [5, 5.41) is 0.724. The van der Waals surface area contributed by atoms with E-state index >= 15 is 0 Å². The van der Waals surface area contributed by atoms with Gasteiger partial charge in [-0.2, -0.15) is 0 Å². The second-order valence-corrected chi connectivity index (χ2v) is 4.63. The maximum Gasteiger partial charge on any atom is 0.153 e. The summed E-state index contributed by atoms with van der Waals surface area (Å²) >= 11 is 5.84. The lowest BCUT2D eigenvalue weighted by atomic mass is 10.1. The molecule has 2 rings (SSSR count). The number of hydrogen-bond donors (Lipinski definition) is 0. The highest BCUT2D eigenvalue weighted by atomic mass is 35.5. The van der Waals surface area contributed by atoms with Crippen LogP contribution >= 0.6 is 11.6 Å². The lowest BCUT2D eigenvalue weighted by Crippen LogP contribution is -2.43. The van der Waals surface area contributed by atoms with Gasteiger partial charge in [0.25, 0.3) is 0 Å². The predicted octanol–water partition coefficient (Wildman–Crippen LogP) is 3.16. The van der Waals surface area contributed by atoms with Gasteiger partial charge in [0.2, 0.25) is 0 Å². The Morgan fingerprint density at radius 3 is 2.82 bits per heavy atom. The second-order valence-electron chi connectivity index (χ2n) is 4.20. The van der Waals surface area contributed by atoms with Crippen LogP contribution in [0.4, 0.5) is 0 Å². The summed E-state index contributed by atoms with van der Waals surface area (Å²) in [4.78, 5) is 2.21. The van der Waals surface area contributed by atoms with Gasteiger partial charge in [-0.1, -0.05) is 17.5 Å². The Hall–Kier alpha value is -1.17. The van der Waals surface area contributed by atoms with Crippen molar-refractivity contribution in [3.63, 3.8) is 0 Å². The molecule has 1 aliphatic heterocycles. The van der Waals surface area contributed by atoms with Gasteiger partial charge in [0, 0.05) is 11.6 Å². The quantitative estimate of drug-likeness (QED) is 0.763. The predicted molar refractivity (Wildman–Crippen MR) is 70.1 cm³/mol. The van der Waals surface area contributed by atoms with E-state index in [1.807, 2.05) is 24.3 Å². The van der Waals surface area contributed by atoms with E-state index in [9.17, 15) is 0 Å². The topological polar surface area (TPSA) is 12.5 Å². The largest absolute Gasteiger partial charge is 0.475 e. The van der Waals surface area contributed by atoms with Gasteiger partial charge in [-0.05, 0) is 43.5 Å². The van der Waals surface area contributed by atoms with Crippen LogP contribution in [0.25, 0.3) is 0 Å². The number of likely N-dealkylation sites (tertiary alicyclic amines) is 1. The molecule has 90 valence electrons. The molecule has 1 unspecified atom stereocenters. The second kappa shape index (κ2) is 5.95. The van der Waals surface area contributed by atoms with Crippen LogP contribution in [-0.4, -0.2) is 24.2 Å². The molecule has 1 aromatic carbocycles. The molecule has 3 heteroatoms. The molecule has 1 aromatic rings. The normalized spacial score (nSPS) is 20.8. The van der Waals surface area contributed by atoms with E-state index in [2.05, 4.69) is 10.8 Å². The summed E-state index contributed by atoms with van der Waals surface area (Å²) in [6, 6.07) is 7.46. The molecule has 1 saturated heterocycles. The van der Waals surface area contributed by atoms with E-state index < -0.39 is 0 Å². The molecule has 1 heterocycles. The van der Waals surface area contributed by atoms with E-state index in [-0.39, 0.29) is 6.23 Å². The van der Waals surface area contributed by atoms with Crippen LogP contribution in [0.3, 0.4) is 0 Å². The monoisotopic (exact) mass is 249 g/mol. The number of ether oxygens (including phenoxy) is 1. The van der Waals surface area contributed by atoms with Crippen molar-refractivity contribution in [2.24, 2.45) is 0 Å². The zero-order valence-corrected chi connectivity index (χ0v) is 10.5. The third-order valence-electron chi connectivity index (χ3n) is 2.93. The van der Waals surface area contributed by atoms with Gasteiger partial charge in [0.1, 0.15) is 5.75 Å². The highest BCUT2D eigenvalue weighted by molar-refractivity contribution is 6.30. The van der Waals surface area contributed by atoms with Gasteiger partial charge in [-0.15, -0.1) is 6.42 Å². The number of piperidine rings is 1. The summed E-state index contributed by atoms with van der Waals surface area (Å²) < 4.78 is 5.95. The van der Waals surface area contributed by atoms with Gasteiger partial charge in [-0.3, -0.25) is 4.90 Å². The van der Waals surface area contributed by atoms with Gasteiger partial charge < -0.3 is 4.74 Å². The number of benzene rings is 1. The molecule has 0 radical (unpaired) electrons. The van der Waals surface area contributed by atoms with Gasteiger partial charge in [-0.25, -0.2) is 0 Å². The molecule has 1 atom stereocenters. The lowest BCUT2D eigenvalue weighted by molar-refractivity contribution is 0.00571. The lowest BCUT2D eigenvalue weighted by Gasteiger charge is -2.34. The Morgan fingerprint density at radius 2 is 2.12 bits per heavy atom. The molecule has 2 nitrogen and oxygen atoms in total. The van der Waals surface area contributed by atoms with Crippen molar-refractivity contribution < 1.29 is 4.74 Å². The molecule has 1 fully saturated rings. The van der Waals surface area contributed by atoms with Crippen molar-refractivity contribution in [3.8, 4) is 18.1 Å². The Bertz CT molecular complexity index is 396. The van der Waals surface area contributed by atoms with E-state index in [0.717, 1.165) is 23.7 Å². The van der Waals surface area contributed by atoms with Crippen molar-refractivity contribution in [2.45, 2.75) is 25.5 Å². The highest BCUT2D eigenvalue weighted by Gasteiger charge is 2.22. The summed E-state index contributed by atoms with van der Waals surface area (Å²) in [6.45, 7) is 1.67. The summed E-state index contributed by atoms with van der Waals surface area (Å²) in [7, 11) is 0. The molecule has 0 saturated carbocycles. The van der Waals surface area contributed by atoms with E-state index in [1.165, 1.54) is 12.8 Å². The summed E-state index contributed by atoms with van der Waals surface area (Å²) in [5.41, 5.74) is 0. The number of halogens is 1. The number of rotatable bonds is 3. The molecule has 0 aliphatic carbocycles. The fourth-order valence-corrected chi connectivity index (χ4v) is 2.19. The van der Waals surface area contributed by atoms with Crippen LogP contribution in [0.5, 0.6) is 5.75 Å². The van der Waals surface area contributed by atoms with Crippen molar-refractivity contribution in [2.75, 3.05) is 13.1 Å². The average Bonchev–Trinajstić information content (AvgIpc) is 2.35. The molecular weight excluding hydrogens is 234 g/mol. The van der Waals surface area contributed by atoms with Crippen LogP contribution in [0.15, 0.2) is 24.3 Å². The molecule has 17 heavy (non-hydrogen) atoms. The van der Waals surface area contributed by atoms with Gasteiger partial charge >= 0.3 is 0 Å². The number of terminal acetylenes is 1. The SMILES string of the molecule is C#CCN1CCCCC1Oc1ccc(Cl)cc1. The van der Waals surface area contributed by atoms with Crippen molar-refractivity contribution in [1.29, 1.82) is 0 Å². The van der Waals surface area contributed by atoms with E-state index in [4.69, 9.17) is 22.8 Å². The summed E-state index contributed by atoms with van der Waals surface area (Å²) in [6.07, 6.45) is 8.89. The third kappa shape index (κ3) is 3.39. The Kier molecular flexibility index (Phi) is 4.30. The Labute approximate surface area is 108 Å². The minimum Gasteiger partial charge on any atom is -0.475 e. The molecule has 0 amide bonds. The minimum atomic E-state index is 0.0981. The molecule has 0 spiro atoms. The first-order valence-electron chi connectivity index (χ1n) is 5.89. The first-order valence-corrected chi connectivity index (χ1v) is 6.27. The minimum absolute atomic E-state index is 0.0981. The molecule has 0 bridgehead atoms. The van der Waals surface area contributed by atoms with Gasteiger partial charge in [0.05, 0.1) is 6.54 Å². The zero-order valence-electron chi connectivity index (χ0n) is 9.73. The zero-order chi connectivity index (χ0) is 12.1. The molecular formula is C14H16ClNO. The third-order valence-corrected chi connectivity index (χ3v) is 3.19. The fourth-order valence-electron chi connectivity index (χ4n) is 2.06. The molecule has 0 N–H and O–H groups in total. The first kappa shape index (κ1) is 12.3. The van der Waals surface area contributed by atoms with Crippen molar-refractivity contribution >= 4 is 11.6 Å². The standard InChI is InChI=1S/C14H16ClNO/c1-2-10-16-11-4-3-5-14(16)17-13-8-6-12(15)7-9-13/h1,6-9,14H,3-5,10-11H2. The number of nitrogens with zero attached hydrogens (tertiary/aromatic N) is 1. The van der Waals surface area contributed by atoms with Crippen LogP contribution < -0.4 is 4.74 Å². The van der Waals surface area contributed by atoms with Crippen LogP contribution in [-0.2, 0) is 0 Å². The summed E-state index contributed by atoms with van der Waals surface area (Å²) in [5.74, 6) is 3.54. The van der Waals surface area contributed by atoms with Crippen LogP contribution in [0.1, 0.15) is 19.3 Å².